The van der Waals surface area contributed by atoms with Crippen molar-refractivity contribution in [3.05, 3.63) is 273 Å². The summed E-state index contributed by atoms with van der Waals surface area (Å²) >= 11 is 0. The molecule has 0 amide bonds. The summed E-state index contributed by atoms with van der Waals surface area (Å²) in [6.45, 7) is 0. The summed E-state index contributed by atoms with van der Waals surface area (Å²) in [4.78, 5) is 0. The number of rotatable bonds is 8. The van der Waals surface area contributed by atoms with Gasteiger partial charge in [0.1, 0.15) is 0 Å². The monoisotopic (exact) mass is 907 g/mol. The molecular weight excluding hydrogens is 863 g/mol. The van der Waals surface area contributed by atoms with Crippen LogP contribution >= 0.6 is 0 Å². The number of aromatic nitrogens is 3. The number of hydrogen-bond donors (Lipinski definition) is 0. The summed E-state index contributed by atoms with van der Waals surface area (Å²) in [6, 6.07) is 101. The van der Waals surface area contributed by atoms with Crippen LogP contribution in [0.25, 0.3) is 93.6 Å². The lowest BCUT2D eigenvalue weighted by atomic mass is 10.00. The molecule has 0 aliphatic heterocycles. The number of hydrogen-bond acceptors (Lipinski definition) is 0. The molecule has 328 valence electrons. The summed E-state index contributed by atoms with van der Waals surface area (Å²) in [5.41, 5.74) is 13.0. The normalized spacial score (nSPS) is 12.0. The maximum absolute atomic E-state index is 2.67. The van der Waals surface area contributed by atoms with Gasteiger partial charge in [-0.25, -0.2) is 0 Å². The molecule has 0 saturated carbocycles. The molecule has 14 rings (SSSR count). The highest BCUT2D eigenvalue weighted by molar-refractivity contribution is 7.19. The molecule has 3 heterocycles. The second-order valence-corrected chi connectivity index (χ2v) is 22.2. The quantitative estimate of drug-likeness (QED) is 0.107. The Morgan fingerprint density at radius 2 is 0.614 bits per heavy atom. The summed E-state index contributed by atoms with van der Waals surface area (Å²) in [5, 5.41) is 12.9. The van der Waals surface area contributed by atoms with Gasteiger partial charge in [0, 0.05) is 54.9 Å². The van der Waals surface area contributed by atoms with Crippen molar-refractivity contribution in [2.75, 3.05) is 0 Å². The molecule has 11 aromatic carbocycles. The molecule has 70 heavy (non-hydrogen) atoms. The number of benzene rings is 11. The van der Waals surface area contributed by atoms with E-state index in [1.165, 1.54) is 97.3 Å². The Kier molecular flexibility index (Phi) is 9.23. The van der Waals surface area contributed by atoms with Crippen molar-refractivity contribution in [3.63, 3.8) is 0 Å². The molecule has 0 unspecified atom stereocenters. The topological polar surface area (TPSA) is 14.8 Å². The van der Waals surface area contributed by atoms with E-state index in [1.807, 2.05) is 0 Å². The largest absolute Gasteiger partial charge is 0.309 e. The van der Waals surface area contributed by atoms with Crippen molar-refractivity contribution in [3.8, 4) is 28.2 Å². The molecule has 0 aliphatic rings. The van der Waals surface area contributed by atoms with E-state index in [0.717, 1.165) is 17.1 Å². The number of para-hydroxylation sites is 5. The summed E-state index contributed by atoms with van der Waals surface area (Å²) in [7, 11) is -2.67. The van der Waals surface area contributed by atoms with E-state index in [9.17, 15) is 0 Å². The zero-order valence-corrected chi connectivity index (χ0v) is 39.3. The van der Waals surface area contributed by atoms with E-state index in [-0.39, 0.29) is 0 Å². The standard InChI is InChI=1S/C66H45N3Si/c1-5-20-47(21-6-1)69-63-35-18-13-28-55(63)58-32-19-31-54(66(58)69)46-36-42-64-59(44-46)56-29-14-17-34-62(56)68(64)49-39-43-65-60(45-49)57-30-15-16-33-61(57)67(65)48-37-40-53(41-38-48)70(50-22-7-2-8-23-50,51-24-9-3-10-25-51)52-26-11-4-12-27-52/h1-45H. The Labute approximate surface area is 407 Å². The average molecular weight is 908 g/mol. The van der Waals surface area contributed by atoms with Gasteiger partial charge in [-0.05, 0) is 99.1 Å². The van der Waals surface area contributed by atoms with E-state index in [4.69, 9.17) is 0 Å². The summed E-state index contributed by atoms with van der Waals surface area (Å²) < 4.78 is 7.34. The summed E-state index contributed by atoms with van der Waals surface area (Å²) in [5.74, 6) is 0. The summed E-state index contributed by atoms with van der Waals surface area (Å²) in [6.07, 6.45) is 0. The fourth-order valence-electron chi connectivity index (χ4n) is 11.8. The molecule has 0 aliphatic carbocycles. The third-order valence-electron chi connectivity index (χ3n) is 14.8. The van der Waals surface area contributed by atoms with Crippen molar-refractivity contribution < 1.29 is 0 Å². The molecule has 0 spiro atoms. The fourth-order valence-corrected chi connectivity index (χ4v) is 16.6. The first-order valence-corrected chi connectivity index (χ1v) is 26.2. The van der Waals surface area contributed by atoms with Gasteiger partial charge in [-0.1, -0.05) is 200 Å². The Bertz CT molecular complexity index is 4170. The van der Waals surface area contributed by atoms with E-state index in [1.54, 1.807) is 0 Å². The van der Waals surface area contributed by atoms with Crippen LogP contribution in [-0.4, -0.2) is 21.8 Å². The molecule has 0 N–H and O–H groups in total. The van der Waals surface area contributed by atoms with Crippen molar-refractivity contribution in [2.24, 2.45) is 0 Å². The minimum atomic E-state index is -2.67. The Morgan fingerprint density at radius 3 is 1.19 bits per heavy atom. The van der Waals surface area contributed by atoms with Crippen LogP contribution in [0.2, 0.25) is 0 Å². The Hall–Kier alpha value is -8.96. The third kappa shape index (κ3) is 6.00. The molecule has 3 nitrogen and oxygen atoms in total. The van der Waals surface area contributed by atoms with Crippen LogP contribution in [0, 0.1) is 0 Å². The Balaban J connectivity index is 0.923. The molecule has 0 bridgehead atoms. The first-order chi connectivity index (χ1) is 34.8. The van der Waals surface area contributed by atoms with Crippen LogP contribution in [0.1, 0.15) is 0 Å². The van der Waals surface area contributed by atoms with E-state index >= 15 is 0 Å². The molecule has 0 radical (unpaired) electrons. The second-order valence-electron chi connectivity index (χ2n) is 18.4. The average Bonchev–Trinajstić information content (AvgIpc) is 4.08. The highest BCUT2D eigenvalue weighted by atomic mass is 28.3. The first-order valence-electron chi connectivity index (χ1n) is 24.2. The van der Waals surface area contributed by atoms with Gasteiger partial charge < -0.3 is 13.7 Å². The SMILES string of the molecule is c1ccc(-n2c3ccccc3c3cccc(-c4ccc5c(c4)c4ccccc4n5-c4ccc5c(c4)c4ccccc4n5-c4ccc([Si](c5ccccc5)(c5ccccc5)c5ccccc5)cc4)c32)cc1. The lowest BCUT2D eigenvalue weighted by Gasteiger charge is -2.34. The van der Waals surface area contributed by atoms with Crippen molar-refractivity contribution >= 4 is 94.2 Å². The Morgan fingerprint density at radius 1 is 0.229 bits per heavy atom. The van der Waals surface area contributed by atoms with E-state index in [0.29, 0.717) is 0 Å². The molecule has 0 atom stereocenters. The minimum Gasteiger partial charge on any atom is -0.309 e. The van der Waals surface area contributed by atoms with Gasteiger partial charge in [0.05, 0.1) is 33.1 Å². The predicted octanol–water partition coefficient (Wildman–Crippen LogP) is 14.0. The fraction of sp³-hybridized carbons (Fsp3) is 0. The van der Waals surface area contributed by atoms with E-state index in [2.05, 4.69) is 287 Å². The zero-order valence-electron chi connectivity index (χ0n) is 38.3. The maximum Gasteiger partial charge on any atom is 0.179 e. The molecule has 3 aromatic heterocycles. The minimum absolute atomic E-state index is 1.14. The molecule has 0 saturated heterocycles. The smallest absolute Gasteiger partial charge is 0.179 e. The van der Waals surface area contributed by atoms with Gasteiger partial charge in [-0.15, -0.1) is 0 Å². The molecule has 4 heteroatoms. The lowest BCUT2D eigenvalue weighted by Crippen LogP contribution is -2.74. The molecular formula is C66H45N3Si. The van der Waals surface area contributed by atoms with Crippen molar-refractivity contribution in [1.82, 2.24) is 13.7 Å². The third-order valence-corrected chi connectivity index (χ3v) is 19.6. The number of fused-ring (bicyclic) bond motifs is 9. The van der Waals surface area contributed by atoms with Gasteiger partial charge >= 0.3 is 0 Å². The maximum atomic E-state index is 2.46. The van der Waals surface area contributed by atoms with Gasteiger partial charge in [-0.3, -0.25) is 0 Å². The van der Waals surface area contributed by atoms with Gasteiger partial charge in [0.2, 0.25) is 0 Å². The van der Waals surface area contributed by atoms with Crippen LogP contribution in [-0.2, 0) is 0 Å². The number of nitrogens with zero attached hydrogens (tertiary/aromatic N) is 3. The highest BCUT2D eigenvalue weighted by Crippen LogP contribution is 2.42. The van der Waals surface area contributed by atoms with Crippen molar-refractivity contribution in [2.45, 2.75) is 0 Å². The molecule has 14 aromatic rings. The van der Waals surface area contributed by atoms with Crippen LogP contribution in [0.15, 0.2) is 273 Å². The van der Waals surface area contributed by atoms with Crippen LogP contribution in [0.4, 0.5) is 0 Å². The van der Waals surface area contributed by atoms with Gasteiger partial charge in [0.15, 0.2) is 8.07 Å². The van der Waals surface area contributed by atoms with Crippen LogP contribution < -0.4 is 20.7 Å². The predicted molar refractivity (Wildman–Crippen MR) is 299 cm³/mol. The van der Waals surface area contributed by atoms with Gasteiger partial charge in [-0.2, -0.15) is 0 Å². The lowest BCUT2D eigenvalue weighted by molar-refractivity contribution is 1.17. The second kappa shape index (κ2) is 16.1. The first kappa shape index (κ1) is 40.1. The molecule has 0 fully saturated rings. The van der Waals surface area contributed by atoms with E-state index < -0.39 is 8.07 Å². The van der Waals surface area contributed by atoms with Crippen LogP contribution in [0.5, 0.6) is 0 Å². The zero-order chi connectivity index (χ0) is 46.2. The van der Waals surface area contributed by atoms with Crippen molar-refractivity contribution in [1.29, 1.82) is 0 Å². The van der Waals surface area contributed by atoms with Gasteiger partial charge in [0.25, 0.3) is 0 Å². The highest BCUT2D eigenvalue weighted by Gasteiger charge is 2.41. The van der Waals surface area contributed by atoms with Crippen LogP contribution in [0.3, 0.4) is 0 Å².